The lowest BCUT2D eigenvalue weighted by Crippen LogP contribution is -2.04. The van der Waals surface area contributed by atoms with Gasteiger partial charge in [0, 0.05) is 0 Å². The highest BCUT2D eigenvalue weighted by Gasteiger charge is 2.14. The smallest absolute Gasteiger partial charge is 0.337 e. The van der Waals surface area contributed by atoms with Gasteiger partial charge in [-0.2, -0.15) is 0 Å². The molecule has 1 aromatic rings. The number of carbonyl (C=O) groups excluding carboxylic acids is 1. The van der Waals surface area contributed by atoms with E-state index in [2.05, 4.69) is 24.5 Å². The number of benzene rings is 1. The first kappa shape index (κ1) is 14.8. The Hall–Kier alpha value is -2.29. The van der Waals surface area contributed by atoms with Crippen molar-refractivity contribution in [2.24, 2.45) is 0 Å². The first-order valence-electron chi connectivity index (χ1n) is 5.89. The summed E-state index contributed by atoms with van der Waals surface area (Å²) in [5.74, 6) is -0.277. The van der Waals surface area contributed by atoms with Crippen molar-refractivity contribution in [3.05, 3.63) is 60.7 Å². The molecule has 0 aromatic heterocycles. The Bertz CT molecular complexity index is 496. The fourth-order valence-electron chi connectivity index (χ4n) is 1.80. The van der Waals surface area contributed by atoms with Crippen LogP contribution in [0.1, 0.15) is 16.7 Å². The van der Waals surface area contributed by atoms with Gasteiger partial charge in [0.15, 0.2) is 0 Å². The number of phenolic OH excluding ortho intramolecular Hbond substituents is 1. The standard InChI is InChI=1S/C16H18O3/c1-5-7-12-9-14(11(3)16(18)19-4)10-13(8-6-2)15(12)17/h5-6,9-10,17H,1-3,7-8H2,4H3. The predicted octanol–water partition coefficient (Wildman–Crippen LogP) is 3.04. The maximum Gasteiger partial charge on any atom is 0.337 e. The van der Waals surface area contributed by atoms with Gasteiger partial charge in [-0.25, -0.2) is 4.79 Å². The molecular weight excluding hydrogens is 240 g/mol. The Morgan fingerprint density at radius 2 is 1.74 bits per heavy atom. The lowest BCUT2D eigenvalue weighted by Gasteiger charge is -2.12. The first-order valence-corrected chi connectivity index (χ1v) is 5.89. The molecule has 3 heteroatoms. The molecule has 0 amide bonds. The summed E-state index contributed by atoms with van der Waals surface area (Å²) in [6, 6.07) is 3.45. The lowest BCUT2D eigenvalue weighted by molar-refractivity contribution is -0.133. The fraction of sp³-hybridized carbons (Fsp3) is 0.188. The topological polar surface area (TPSA) is 46.5 Å². The molecule has 0 saturated carbocycles. The zero-order valence-electron chi connectivity index (χ0n) is 11.1. The number of hydrogen-bond donors (Lipinski definition) is 1. The molecule has 1 N–H and O–H groups in total. The third-order valence-corrected chi connectivity index (χ3v) is 2.78. The van der Waals surface area contributed by atoms with Gasteiger partial charge in [0.25, 0.3) is 0 Å². The van der Waals surface area contributed by atoms with E-state index in [1.54, 1.807) is 24.3 Å². The number of ether oxygens (including phenoxy) is 1. The SMILES string of the molecule is C=CCc1cc(C(=C)C(=O)OC)cc(CC=C)c1O. The van der Waals surface area contributed by atoms with Crippen molar-refractivity contribution in [2.75, 3.05) is 7.11 Å². The molecule has 0 radical (unpaired) electrons. The van der Waals surface area contributed by atoms with Gasteiger partial charge < -0.3 is 9.84 Å². The van der Waals surface area contributed by atoms with E-state index >= 15 is 0 Å². The number of esters is 1. The van der Waals surface area contributed by atoms with Crippen molar-refractivity contribution in [3.8, 4) is 5.75 Å². The molecule has 0 heterocycles. The molecule has 100 valence electrons. The van der Waals surface area contributed by atoms with Crippen LogP contribution in [0.25, 0.3) is 5.57 Å². The Balaban J connectivity index is 3.32. The Morgan fingerprint density at radius 3 is 2.11 bits per heavy atom. The minimum Gasteiger partial charge on any atom is -0.507 e. The summed E-state index contributed by atoms with van der Waals surface area (Å²) >= 11 is 0. The van der Waals surface area contributed by atoms with Crippen molar-refractivity contribution in [3.63, 3.8) is 0 Å². The van der Waals surface area contributed by atoms with Gasteiger partial charge in [-0.15, -0.1) is 13.2 Å². The van der Waals surface area contributed by atoms with Crippen molar-refractivity contribution in [1.82, 2.24) is 0 Å². The number of hydrogen-bond acceptors (Lipinski definition) is 3. The molecule has 1 aromatic carbocycles. The molecule has 0 bridgehead atoms. The van der Waals surface area contributed by atoms with Crippen LogP contribution in [0, 0.1) is 0 Å². The largest absolute Gasteiger partial charge is 0.507 e. The van der Waals surface area contributed by atoms with Gasteiger partial charge in [0.1, 0.15) is 5.75 Å². The van der Waals surface area contributed by atoms with Crippen LogP contribution >= 0.6 is 0 Å². The molecule has 0 atom stereocenters. The zero-order valence-corrected chi connectivity index (χ0v) is 11.1. The summed E-state index contributed by atoms with van der Waals surface area (Å²) in [5, 5.41) is 10.1. The Labute approximate surface area is 113 Å². The van der Waals surface area contributed by atoms with Crippen molar-refractivity contribution >= 4 is 11.5 Å². The average Bonchev–Trinajstić information content (AvgIpc) is 2.41. The highest BCUT2D eigenvalue weighted by Crippen LogP contribution is 2.29. The van der Waals surface area contributed by atoms with Crippen molar-refractivity contribution < 1.29 is 14.6 Å². The maximum absolute atomic E-state index is 11.5. The van der Waals surface area contributed by atoms with Gasteiger partial charge in [0.05, 0.1) is 12.7 Å². The van der Waals surface area contributed by atoms with E-state index in [0.717, 1.165) is 0 Å². The molecule has 0 aliphatic heterocycles. The number of aromatic hydroxyl groups is 1. The minimum absolute atomic E-state index is 0.209. The summed E-state index contributed by atoms with van der Waals surface area (Å²) in [6.07, 6.45) is 4.41. The van der Waals surface area contributed by atoms with E-state index in [1.165, 1.54) is 7.11 Å². The highest BCUT2D eigenvalue weighted by molar-refractivity contribution is 6.15. The summed E-state index contributed by atoms with van der Waals surface area (Å²) in [4.78, 5) is 11.5. The molecule has 1 rings (SSSR count). The molecule has 0 aliphatic rings. The van der Waals surface area contributed by atoms with Gasteiger partial charge in [0.2, 0.25) is 0 Å². The highest BCUT2D eigenvalue weighted by atomic mass is 16.5. The average molecular weight is 258 g/mol. The third-order valence-electron chi connectivity index (χ3n) is 2.78. The molecule has 0 fully saturated rings. The van der Waals surface area contributed by atoms with Crippen LogP contribution in [0.4, 0.5) is 0 Å². The van der Waals surface area contributed by atoms with Crippen LogP contribution in [-0.2, 0) is 22.4 Å². The van der Waals surface area contributed by atoms with Gasteiger partial charge >= 0.3 is 5.97 Å². The molecule has 0 spiro atoms. The van der Waals surface area contributed by atoms with Crippen LogP contribution in [0.2, 0.25) is 0 Å². The Morgan fingerprint density at radius 1 is 1.26 bits per heavy atom. The quantitative estimate of drug-likeness (QED) is 0.484. The van der Waals surface area contributed by atoms with E-state index < -0.39 is 5.97 Å². The molecule has 3 nitrogen and oxygen atoms in total. The zero-order chi connectivity index (χ0) is 14.4. The van der Waals surface area contributed by atoms with Crippen LogP contribution < -0.4 is 0 Å². The van der Waals surface area contributed by atoms with Crippen LogP contribution in [0.5, 0.6) is 5.75 Å². The summed E-state index contributed by atoms with van der Waals surface area (Å²) in [6.45, 7) is 11.0. The Kier molecular flexibility index (Phi) is 5.12. The molecule has 0 aliphatic carbocycles. The monoisotopic (exact) mass is 258 g/mol. The molecule has 0 saturated heterocycles. The number of rotatable bonds is 6. The van der Waals surface area contributed by atoms with Crippen LogP contribution in [0.15, 0.2) is 44.0 Å². The summed E-state index contributed by atoms with van der Waals surface area (Å²) in [5.41, 5.74) is 2.31. The third kappa shape index (κ3) is 3.35. The number of allylic oxidation sites excluding steroid dienone is 2. The normalized spacial score (nSPS) is 9.74. The van der Waals surface area contributed by atoms with E-state index in [9.17, 15) is 9.90 Å². The number of phenols is 1. The first-order chi connectivity index (χ1) is 9.04. The maximum atomic E-state index is 11.5. The van der Waals surface area contributed by atoms with Crippen molar-refractivity contribution in [1.29, 1.82) is 0 Å². The minimum atomic E-state index is -0.486. The van der Waals surface area contributed by atoms with Gasteiger partial charge in [-0.3, -0.25) is 0 Å². The second kappa shape index (κ2) is 6.59. The summed E-state index contributed by atoms with van der Waals surface area (Å²) < 4.78 is 4.66. The number of methoxy groups -OCH3 is 1. The number of carbonyl (C=O) groups is 1. The van der Waals surface area contributed by atoms with E-state index in [1.807, 2.05) is 0 Å². The van der Waals surface area contributed by atoms with Crippen LogP contribution in [0.3, 0.4) is 0 Å². The second-order valence-electron chi connectivity index (χ2n) is 4.10. The summed E-state index contributed by atoms with van der Waals surface area (Å²) in [7, 11) is 1.31. The van der Waals surface area contributed by atoms with E-state index in [0.29, 0.717) is 29.5 Å². The van der Waals surface area contributed by atoms with Gasteiger partial charge in [-0.1, -0.05) is 18.7 Å². The van der Waals surface area contributed by atoms with E-state index in [4.69, 9.17) is 0 Å². The van der Waals surface area contributed by atoms with E-state index in [-0.39, 0.29) is 11.3 Å². The second-order valence-corrected chi connectivity index (χ2v) is 4.10. The van der Waals surface area contributed by atoms with Gasteiger partial charge in [-0.05, 0) is 41.7 Å². The van der Waals surface area contributed by atoms with Crippen LogP contribution in [-0.4, -0.2) is 18.2 Å². The fourth-order valence-corrected chi connectivity index (χ4v) is 1.80. The predicted molar refractivity (Wildman–Crippen MR) is 77.0 cm³/mol. The van der Waals surface area contributed by atoms with Crippen molar-refractivity contribution in [2.45, 2.75) is 12.8 Å². The molecular formula is C16H18O3. The molecule has 19 heavy (non-hydrogen) atoms. The molecule has 0 unspecified atom stereocenters. The lowest BCUT2D eigenvalue weighted by atomic mass is 9.96.